The first kappa shape index (κ1) is 22.8. The van der Waals surface area contributed by atoms with Crippen LogP contribution in [0.25, 0.3) is 0 Å². The molecule has 0 saturated carbocycles. The summed E-state index contributed by atoms with van der Waals surface area (Å²) in [6.07, 6.45) is 0. The van der Waals surface area contributed by atoms with E-state index in [2.05, 4.69) is 15.5 Å². The topological polar surface area (TPSA) is 86.5 Å². The number of carbonyl (C=O) groups is 1. The van der Waals surface area contributed by atoms with E-state index in [1.165, 1.54) is 11.8 Å². The Bertz CT molecular complexity index is 1180. The van der Waals surface area contributed by atoms with Crippen LogP contribution in [-0.4, -0.2) is 29.0 Å². The molecule has 3 aromatic carbocycles. The summed E-state index contributed by atoms with van der Waals surface area (Å²) in [5.41, 5.74) is 0.760. The second-order valence-electron chi connectivity index (χ2n) is 6.67. The predicted octanol–water partition coefficient (Wildman–Crippen LogP) is 5.54. The second kappa shape index (κ2) is 11.4. The van der Waals surface area contributed by atoms with Crippen LogP contribution >= 0.6 is 23.5 Å². The van der Waals surface area contributed by atoms with Crippen LogP contribution in [0.1, 0.15) is 5.89 Å². The number of anilines is 1. The van der Waals surface area contributed by atoms with Crippen molar-refractivity contribution in [3.05, 3.63) is 84.8 Å². The lowest BCUT2D eigenvalue weighted by molar-refractivity contribution is -0.113. The molecule has 33 heavy (non-hydrogen) atoms. The van der Waals surface area contributed by atoms with Gasteiger partial charge in [-0.1, -0.05) is 53.9 Å². The van der Waals surface area contributed by atoms with E-state index in [9.17, 15) is 4.79 Å². The van der Waals surface area contributed by atoms with E-state index >= 15 is 0 Å². The summed E-state index contributed by atoms with van der Waals surface area (Å²) in [6, 6.07) is 24.9. The minimum Gasteiger partial charge on any atom is -0.497 e. The van der Waals surface area contributed by atoms with Gasteiger partial charge < -0.3 is 19.2 Å². The van der Waals surface area contributed by atoms with Crippen molar-refractivity contribution >= 4 is 35.1 Å². The molecule has 1 amide bonds. The van der Waals surface area contributed by atoms with Crippen molar-refractivity contribution in [2.24, 2.45) is 0 Å². The molecular formula is C24H21N3O4S2. The Morgan fingerprint density at radius 1 is 0.939 bits per heavy atom. The van der Waals surface area contributed by atoms with Crippen LogP contribution < -0.4 is 14.8 Å². The van der Waals surface area contributed by atoms with Crippen molar-refractivity contribution in [3.8, 4) is 11.5 Å². The van der Waals surface area contributed by atoms with Crippen LogP contribution in [0.2, 0.25) is 0 Å². The van der Waals surface area contributed by atoms with Gasteiger partial charge in [-0.3, -0.25) is 4.79 Å². The van der Waals surface area contributed by atoms with Crippen molar-refractivity contribution in [3.63, 3.8) is 0 Å². The van der Waals surface area contributed by atoms with Crippen molar-refractivity contribution in [1.82, 2.24) is 10.2 Å². The van der Waals surface area contributed by atoms with Crippen molar-refractivity contribution < 1.29 is 18.7 Å². The average molecular weight is 480 g/mol. The van der Waals surface area contributed by atoms with Crippen LogP contribution in [0, 0.1) is 0 Å². The molecule has 0 unspecified atom stereocenters. The Morgan fingerprint density at radius 3 is 2.45 bits per heavy atom. The zero-order valence-corrected chi connectivity index (χ0v) is 19.4. The lowest BCUT2D eigenvalue weighted by atomic mass is 10.3. The van der Waals surface area contributed by atoms with Gasteiger partial charge in [-0.25, -0.2) is 0 Å². The van der Waals surface area contributed by atoms with Crippen molar-refractivity contribution in [2.75, 3.05) is 18.2 Å². The maximum atomic E-state index is 12.5. The third kappa shape index (κ3) is 6.77. The van der Waals surface area contributed by atoms with Gasteiger partial charge in [0, 0.05) is 9.79 Å². The SMILES string of the molecule is COc1ccc(OCc2nnc(SCC(=O)Nc3ccccc3Sc3ccccc3)o2)cc1. The number of ether oxygens (including phenoxy) is 2. The highest BCUT2D eigenvalue weighted by Gasteiger charge is 2.12. The Morgan fingerprint density at radius 2 is 1.67 bits per heavy atom. The molecule has 0 aliphatic rings. The summed E-state index contributed by atoms with van der Waals surface area (Å²) in [6.45, 7) is 0.135. The largest absolute Gasteiger partial charge is 0.497 e. The summed E-state index contributed by atoms with van der Waals surface area (Å²) in [5.74, 6) is 1.73. The maximum Gasteiger partial charge on any atom is 0.277 e. The Hall–Kier alpha value is -3.43. The Balaban J connectivity index is 1.27. The monoisotopic (exact) mass is 479 g/mol. The predicted molar refractivity (Wildman–Crippen MR) is 128 cm³/mol. The van der Waals surface area contributed by atoms with E-state index in [0.29, 0.717) is 16.9 Å². The Kier molecular flexibility index (Phi) is 7.89. The van der Waals surface area contributed by atoms with Crippen LogP contribution in [0.4, 0.5) is 5.69 Å². The highest BCUT2D eigenvalue weighted by molar-refractivity contribution is 8.00. The summed E-state index contributed by atoms with van der Waals surface area (Å²) < 4.78 is 16.3. The number of hydrogen-bond donors (Lipinski definition) is 1. The van der Waals surface area contributed by atoms with Gasteiger partial charge in [-0.15, -0.1) is 10.2 Å². The van der Waals surface area contributed by atoms with Gasteiger partial charge in [0.05, 0.1) is 18.6 Å². The first-order valence-electron chi connectivity index (χ1n) is 10.0. The third-order valence-electron chi connectivity index (χ3n) is 4.33. The van der Waals surface area contributed by atoms with E-state index < -0.39 is 0 Å². The van der Waals surface area contributed by atoms with E-state index in [1.54, 1.807) is 43.1 Å². The molecule has 0 spiro atoms. The lowest BCUT2D eigenvalue weighted by Crippen LogP contribution is -2.14. The molecule has 0 aliphatic carbocycles. The number of carbonyl (C=O) groups excluding carboxylic acids is 1. The van der Waals surface area contributed by atoms with Gasteiger partial charge in [-0.05, 0) is 48.5 Å². The molecule has 4 rings (SSSR count). The zero-order chi connectivity index (χ0) is 22.9. The number of amides is 1. The number of aromatic nitrogens is 2. The quantitative estimate of drug-likeness (QED) is 0.297. The minimum absolute atomic E-state index is 0.135. The number of benzene rings is 3. The first-order valence-corrected chi connectivity index (χ1v) is 11.8. The van der Waals surface area contributed by atoms with Crippen LogP contribution in [0.3, 0.4) is 0 Å². The van der Waals surface area contributed by atoms with Gasteiger partial charge in [0.1, 0.15) is 11.5 Å². The van der Waals surface area contributed by atoms with Gasteiger partial charge in [0.2, 0.25) is 5.91 Å². The molecule has 0 atom stereocenters. The van der Waals surface area contributed by atoms with E-state index in [4.69, 9.17) is 13.9 Å². The fraction of sp³-hybridized carbons (Fsp3) is 0.125. The van der Waals surface area contributed by atoms with E-state index in [0.717, 1.165) is 21.2 Å². The first-order chi connectivity index (χ1) is 16.2. The normalized spacial score (nSPS) is 10.6. The van der Waals surface area contributed by atoms with Gasteiger partial charge >= 0.3 is 0 Å². The highest BCUT2D eigenvalue weighted by Crippen LogP contribution is 2.33. The smallest absolute Gasteiger partial charge is 0.277 e. The number of rotatable bonds is 10. The van der Waals surface area contributed by atoms with Crippen molar-refractivity contribution in [1.29, 1.82) is 0 Å². The molecule has 4 aromatic rings. The number of para-hydroxylation sites is 1. The number of nitrogens with zero attached hydrogens (tertiary/aromatic N) is 2. The molecule has 0 radical (unpaired) electrons. The van der Waals surface area contributed by atoms with Crippen LogP contribution in [-0.2, 0) is 11.4 Å². The summed E-state index contributed by atoms with van der Waals surface area (Å²) >= 11 is 2.77. The molecule has 1 heterocycles. The Labute approximate surface area is 199 Å². The zero-order valence-electron chi connectivity index (χ0n) is 17.8. The fourth-order valence-corrected chi connectivity index (χ4v) is 4.26. The molecule has 7 nitrogen and oxygen atoms in total. The van der Waals surface area contributed by atoms with Gasteiger partial charge in [0.25, 0.3) is 11.1 Å². The number of methoxy groups -OCH3 is 1. The minimum atomic E-state index is -0.157. The van der Waals surface area contributed by atoms with E-state index in [-0.39, 0.29) is 18.3 Å². The van der Waals surface area contributed by atoms with Crippen LogP contribution in [0.5, 0.6) is 11.5 Å². The summed E-state index contributed by atoms with van der Waals surface area (Å²) in [7, 11) is 1.61. The number of hydrogen-bond acceptors (Lipinski definition) is 8. The highest BCUT2D eigenvalue weighted by atomic mass is 32.2. The molecule has 0 saturated heterocycles. The maximum absolute atomic E-state index is 12.5. The van der Waals surface area contributed by atoms with Gasteiger partial charge in [0.15, 0.2) is 6.61 Å². The fourth-order valence-electron chi connectivity index (χ4n) is 2.76. The standard InChI is InChI=1S/C24H21N3O4S2/c1-29-17-11-13-18(14-12-17)30-15-23-26-27-24(31-23)32-16-22(28)25-20-9-5-6-10-21(20)33-19-7-3-2-4-8-19/h2-14H,15-16H2,1H3,(H,25,28). The average Bonchev–Trinajstić information content (AvgIpc) is 3.31. The lowest BCUT2D eigenvalue weighted by Gasteiger charge is -2.10. The molecule has 0 aliphatic heterocycles. The summed E-state index contributed by atoms with van der Waals surface area (Å²) in [4.78, 5) is 14.6. The molecular weight excluding hydrogens is 458 g/mol. The molecule has 0 fully saturated rings. The number of nitrogens with one attached hydrogen (secondary N) is 1. The van der Waals surface area contributed by atoms with Gasteiger partial charge in [-0.2, -0.15) is 0 Å². The second-order valence-corrected chi connectivity index (χ2v) is 8.72. The molecule has 1 N–H and O–H groups in total. The molecule has 0 bridgehead atoms. The molecule has 168 valence electrons. The van der Waals surface area contributed by atoms with E-state index in [1.807, 2.05) is 54.6 Å². The number of thioether (sulfide) groups is 1. The third-order valence-corrected chi connectivity index (χ3v) is 6.23. The van der Waals surface area contributed by atoms with Crippen LogP contribution in [0.15, 0.2) is 98.3 Å². The summed E-state index contributed by atoms with van der Waals surface area (Å²) in [5, 5.41) is 11.2. The molecule has 9 heteroatoms. The molecule has 1 aromatic heterocycles. The van der Waals surface area contributed by atoms with Crippen molar-refractivity contribution in [2.45, 2.75) is 21.6 Å².